The molecule has 0 saturated heterocycles. The minimum atomic E-state index is -0.226. The molecule has 1 nitrogen and oxygen atoms in total. The Morgan fingerprint density at radius 2 is 1.80 bits per heavy atom. The second kappa shape index (κ2) is 1.76. The van der Waals surface area contributed by atoms with Gasteiger partial charge in [0.2, 0.25) is 0 Å². The van der Waals surface area contributed by atoms with Gasteiger partial charge in [0.1, 0.15) is 0 Å². The van der Waals surface area contributed by atoms with Crippen molar-refractivity contribution in [1.82, 2.24) is 0 Å². The summed E-state index contributed by atoms with van der Waals surface area (Å²) >= 11 is 0. The van der Waals surface area contributed by atoms with Crippen LogP contribution in [0.2, 0.25) is 0 Å². The topological polar surface area (TPSA) is 20.2 Å². The predicted molar refractivity (Wildman–Crippen MR) is 40.8 cm³/mol. The molecule has 10 heavy (non-hydrogen) atoms. The minimum Gasteiger partial charge on any atom is -0.390 e. The lowest BCUT2D eigenvalue weighted by molar-refractivity contribution is 0.0521. The SMILES string of the molecule is CCC12CCC(O)(CC1)C2. The van der Waals surface area contributed by atoms with Crippen LogP contribution in [0.5, 0.6) is 0 Å². The van der Waals surface area contributed by atoms with Crippen LogP contribution in [0.3, 0.4) is 0 Å². The molecule has 2 rings (SSSR count). The van der Waals surface area contributed by atoms with E-state index in [2.05, 4.69) is 6.92 Å². The maximum atomic E-state index is 9.84. The lowest BCUT2D eigenvalue weighted by Crippen LogP contribution is -2.20. The number of hydrogen-bond acceptors (Lipinski definition) is 1. The smallest absolute Gasteiger partial charge is 0.0653 e. The van der Waals surface area contributed by atoms with Crippen molar-refractivity contribution in [2.75, 3.05) is 0 Å². The summed E-state index contributed by atoms with van der Waals surface area (Å²) in [5.74, 6) is 0. The van der Waals surface area contributed by atoms with Crippen LogP contribution in [0, 0.1) is 5.41 Å². The average molecular weight is 140 g/mol. The maximum Gasteiger partial charge on any atom is 0.0653 e. The zero-order valence-corrected chi connectivity index (χ0v) is 6.69. The van der Waals surface area contributed by atoms with Crippen molar-refractivity contribution >= 4 is 0 Å². The van der Waals surface area contributed by atoms with Gasteiger partial charge in [-0.15, -0.1) is 0 Å². The van der Waals surface area contributed by atoms with Crippen LogP contribution in [0.25, 0.3) is 0 Å². The summed E-state index contributed by atoms with van der Waals surface area (Å²) in [4.78, 5) is 0. The Labute approximate surface area is 62.4 Å². The second-order valence-corrected chi connectivity index (χ2v) is 4.25. The fourth-order valence-corrected chi connectivity index (χ4v) is 2.78. The summed E-state index contributed by atoms with van der Waals surface area (Å²) in [6, 6.07) is 0. The monoisotopic (exact) mass is 140 g/mol. The molecule has 0 spiro atoms. The van der Waals surface area contributed by atoms with Gasteiger partial charge in [-0.2, -0.15) is 0 Å². The van der Waals surface area contributed by atoms with Crippen LogP contribution >= 0.6 is 0 Å². The first kappa shape index (κ1) is 6.66. The lowest BCUT2D eigenvalue weighted by Gasteiger charge is -2.23. The number of fused-ring (bicyclic) bond motifs is 2. The van der Waals surface area contributed by atoms with E-state index >= 15 is 0 Å². The highest BCUT2D eigenvalue weighted by molar-refractivity contribution is 5.04. The summed E-state index contributed by atoms with van der Waals surface area (Å²) in [5.41, 5.74) is 0.338. The van der Waals surface area contributed by atoms with E-state index in [1.54, 1.807) is 0 Å². The summed E-state index contributed by atoms with van der Waals surface area (Å²) in [7, 11) is 0. The Morgan fingerprint density at radius 1 is 1.20 bits per heavy atom. The van der Waals surface area contributed by atoms with E-state index in [1.165, 1.54) is 19.3 Å². The first-order chi connectivity index (χ1) is 4.68. The van der Waals surface area contributed by atoms with Gasteiger partial charge in [-0.3, -0.25) is 0 Å². The normalized spacial score (nSPS) is 52.2. The molecule has 2 aliphatic rings. The Hall–Kier alpha value is -0.0400. The van der Waals surface area contributed by atoms with Gasteiger partial charge in [0.25, 0.3) is 0 Å². The standard InChI is InChI=1S/C9H16O/c1-2-8-3-5-9(10,7-8)6-4-8/h10H,2-7H2,1H3. The molecule has 0 atom stereocenters. The van der Waals surface area contributed by atoms with Crippen LogP contribution in [0.1, 0.15) is 45.4 Å². The van der Waals surface area contributed by atoms with Crippen molar-refractivity contribution < 1.29 is 5.11 Å². The van der Waals surface area contributed by atoms with Gasteiger partial charge in [-0.1, -0.05) is 13.3 Å². The van der Waals surface area contributed by atoms with Crippen LogP contribution in [0.4, 0.5) is 0 Å². The molecule has 2 saturated carbocycles. The zero-order valence-electron chi connectivity index (χ0n) is 6.69. The lowest BCUT2D eigenvalue weighted by atomic mass is 9.82. The van der Waals surface area contributed by atoms with E-state index in [4.69, 9.17) is 0 Å². The third kappa shape index (κ3) is 0.731. The first-order valence-electron chi connectivity index (χ1n) is 4.41. The fraction of sp³-hybridized carbons (Fsp3) is 1.00. The van der Waals surface area contributed by atoms with Crippen molar-refractivity contribution in [2.45, 2.75) is 51.0 Å². The minimum absolute atomic E-state index is 0.226. The summed E-state index contributed by atoms with van der Waals surface area (Å²) in [5, 5.41) is 9.84. The molecule has 58 valence electrons. The molecule has 0 aromatic rings. The predicted octanol–water partition coefficient (Wildman–Crippen LogP) is 2.09. The van der Waals surface area contributed by atoms with E-state index in [1.807, 2.05) is 0 Å². The third-order valence-electron chi connectivity index (χ3n) is 3.70. The van der Waals surface area contributed by atoms with Crippen LogP contribution in [0.15, 0.2) is 0 Å². The molecule has 2 fully saturated rings. The van der Waals surface area contributed by atoms with Gasteiger partial charge in [-0.05, 0) is 37.5 Å². The quantitative estimate of drug-likeness (QED) is 0.591. The summed E-state index contributed by atoms with van der Waals surface area (Å²) in [6.07, 6.45) is 7.06. The number of aliphatic hydroxyl groups is 1. The second-order valence-electron chi connectivity index (χ2n) is 4.25. The van der Waals surface area contributed by atoms with Crippen molar-refractivity contribution in [1.29, 1.82) is 0 Å². The first-order valence-corrected chi connectivity index (χ1v) is 4.41. The largest absolute Gasteiger partial charge is 0.390 e. The summed E-state index contributed by atoms with van der Waals surface area (Å²) < 4.78 is 0. The number of rotatable bonds is 1. The van der Waals surface area contributed by atoms with E-state index in [0.29, 0.717) is 5.41 Å². The van der Waals surface area contributed by atoms with E-state index in [-0.39, 0.29) is 5.60 Å². The Kier molecular flexibility index (Phi) is 1.17. The highest BCUT2D eigenvalue weighted by Gasteiger charge is 2.51. The molecule has 2 aliphatic carbocycles. The Bertz CT molecular complexity index is 143. The maximum absolute atomic E-state index is 9.84. The van der Waals surface area contributed by atoms with Crippen molar-refractivity contribution in [3.8, 4) is 0 Å². The van der Waals surface area contributed by atoms with Gasteiger partial charge in [0.05, 0.1) is 5.60 Å². The number of hydrogen-bond donors (Lipinski definition) is 1. The van der Waals surface area contributed by atoms with Crippen LogP contribution in [-0.4, -0.2) is 10.7 Å². The van der Waals surface area contributed by atoms with Gasteiger partial charge >= 0.3 is 0 Å². The molecule has 0 radical (unpaired) electrons. The van der Waals surface area contributed by atoms with Crippen LogP contribution in [-0.2, 0) is 0 Å². The molecule has 1 N–H and O–H groups in total. The molecule has 0 heterocycles. The Balaban J connectivity index is 2.19. The molecule has 0 amide bonds. The molecule has 0 unspecified atom stereocenters. The Morgan fingerprint density at radius 3 is 2.00 bits per heavy atom. The van der Waals surface area contributed by atoms with E-state index in [0.717, 1.165) is 19.3 Å². The van der Waals surface area contributed by atoms with Gasteiger partial charge in [-0.25, -0.2) is 0 Å². The average Bonchev–Trinajstić information content (AvgIpc) is 2.42. The van der Waals surface area contributed by atoms with E-state index in [9.17, 15) is 5.11 Å². The highest BCUT2D eigenvalue weighted by atomic mass is 16.3. The van der Waals surface area contributed by atoms with E-state index < -0.39 is 0 Å². The fourth-order valence-electron chi connectivity index (χ4n) is 2.78. The molecule has 0 aromatic carbocycles. The zero-order chi connectivity index (χ0) is 7.24. The molecule has 1 heteroatoms. The molecule has 0 aromatic heterocycles. The highest BCUT2D eigenvalue weighted by Crippen LogP contribution is 2.57. The van der Waals surface area contributed by atoms with Gasteiger partial charge < -0.3 is 5.11 Å². The van der Waals surface area contributed by atoms with Crippen LogP contribution < -0.4 is 0 Å². The molecule has 0 aliphatic heterocycles. The molecular weight excluding hydrogens is 124 g/mol. The van der Waals surface area contributed by atoms with Gasteiger partial charge in [0.15, 0.2) is 0 Å². The molecular formula is C9H16O. The molecule has 2 bridgehead atoms. The van der Waals surface area contributed by atoms with Crippen molar-refractivity contribution in [2.24, 2.45) is 5.41 Å². The summed E-state index contributed by atoms with van der Waals surface area (Å²) in [6.45, 7) is 2.26. The van der Waals surface area contributed by atoms with Gasteiger partial charge in [0, 0.05) is 0 Å². The third-order valence-corrected chi connectivity index (χ3v) is 3.70. The van der Waals surface area contributed by atoms with Crippen molar-refractivity contribution in [3.63, 3.8) is 0 Å². The van der Waals surface area contributed by atoms with Crippen molar-refractivity contribution in [3.05, 3.63) is 0 Å².